The summed E-state index contributed by atoms with van der Waals surface area (Å²) < 4.78 is 0. The van der Waals surface area contributed by atoms with Crippen molar-refractivity contribution >= 4 is 22.3 Å². The first kappa shape index (κ1) is 16.9. The topological polar surface area (TPSA) is 101 Å². The molecule has 2 N–H and O–H groups in total. The Kier molecular flexibility index (Phi) is 4.98. The summed E-state index contributed by atoms with van der Waals surface area (Å²) in [4.78, 5) is 29.0. The summed E-state index contributed by atoms with van der Waals surface area (Å²) in [5, 5.41) is 14.5. The molecule has 124 valence electrons. The van der Waals surface area contributed by atoms with Crippen molar-refractivity contribution in [3.8, 4) is 0 Å². The van der Waals surface area contributed by atoms with E-state index in [2.05, 4.69) is 36.1 Å². The van der Waals surface area contributed by atoms with Gasteiger partial charge < -0.3 is 10.3 Å². The van der Waals surface area contributed by atoms with Crippen LogP contribution in [0.25, 0.3) is 10.9 Å². The van der Waals surface area contributed by atoms with Gasteiger partial charge in [0.25, 0.3) is 11.2 Å². The maximum atomic E-state index is 11.7. The number of nitrogens with one attached hydrogen (secondary N) is 2. The van der Waals surface area contributed by atoms with Crippen molar-refractivity contribution in [2.24, 2.45) is 5.41 Å². The molecule has 0 unspecified atom stereocenters. The quantitative estimate of drug-likeness (QED) is 0.482. The predicted octanol–water partition coefficient (Wildman–Crippen LogP) is 3.46. The van der Waals surface area contributed by atoms with Crippen molar-refractivity contribution in [1.29, 1.82) is 0 Å². The number of fused-ring (bicyclic) bond motifs is 1. The minimum absolute atomic E-state index is 0.105. The number of H-pyrrole nitrogens is 1. The summed E-state index contributed by atoms with van der Waals surface area (Å²) in [7, 11) is 0. The fraction of sp³-hybridized carbons (Fsp3) is 0.500. The minimum Gasteiger partial charge on any atom is -0.379 e. The Hall–Kier alpha value is -2.44. The van der Waals surface area contributed by atoms with E-state index in [0.717, 1.165) is 19.3 Å². The van der Waals surface area contributed by atoms with Crippen LogP contribution in [-0.4, -0.2) is 21.4 Å². The number of anilines is 1. The van der Waals surface area contributed by atoms with Gasteiger partial charge in [0.15, 0.2) is 0 Å². The molecule has 1 aromatic carbocycles. The Balaban J connectivity index is 2.14. The third-order valence-corrected chi connectivity index (χ3v) is 3.62. The van der Waals surface area contributed by atoms with Crippen molar-refractivity contribution in [2.75, 3.05) is 11.9 Å². The fourth-order valence-electron chi connectivity index (χ4n) is 2.40. The van der Waals surface area contributed by atoms with E-state index in [-0.39, 0.29) is 16.6 Å². The summed E-state index contributed by atoms with van der Waals surface area (Å²) >= 11 is 0. The van der Waals surface area contributed by atoms with E-state index in [1.165, 1.54) is 12.4 Å². The average Bonchev–Trinajstić information content (AvgIpc) is 2.45. The van der Waals surface area contributed by atoms with Crippen LogP contribution in [0.1, 0.15) is 40.0 Å². The molecule has 7 nitrogen and oxygen atoms in total. The number of hydrogen-bond donors (Lipinski definition) is 2. The number of aromatic nitrogens is 2. The van der Waals surface area contributed by atoms with Crippen molar-refractivity contribution in [1.82, 2.24) is 9.97 Å². The lowest BCUT2D eigenvalue weighted by Crippen LogP contribution is -2.10. The molecule has 1 heterocycles. The monoisotopic (exact) mass is 318 g/mol. The zero-order chi connectivity index (χ0) is 17.0. The first-order valence-corrected chi connectivity index (χ1v) is 7.68. The van der Waals surface area contributed by atoms with Crippen molar-refractivity contribution in [2.45, 2.75) is 40.0 Å². The standard InChI is InChI=1S/C16H22N4O3/c1-16(2,3)6-4-5-7-17-13-9-12-11(8-14(13)20(22)23)15(21)19-10-18-12/h8-10,17H,4-7H2,1-3H3,(H,18,19,21). The van der Waals surface area contributed by atoms with Gasteiger partial charge in [-0.1, -0.05) is 27.2 Å². The Bertz CT molecular complexity index is 762. The number of nitro groups is 1. The van der Waals surface area contributed by atoms with E-state index in [1.807, 2.05) is 0 Å². The maximum Gasteiger partial charge on any atom is 0.293 e. The van der Waals surface area contributed by atoms with Gasteiger partial charge in [-0.2, -0.15) is 0 Å². The van der Waals surface area contributed by atoms with Gasteiger partial charge in [0.2, 0.25) is 0 Å². The molecular weight excluding hydrogens is 296 g/mol. The van der Waals surface area contributed by atoms with Gasteiger partial charge in [0.1, 0.15) is 5.69 Å². The molecule has 7 heteroatoms. The van der Waals surface area contributed by atoms with Crippen molar-refractivity contribution < 1.29 is 4.92 Å². The molecule has 0 bridgehead atoms. The summed E-state index contributed by atoms with van der Waals surface area (Å²) in [6.07, 6.45) is 4.38. The second kappa shape index (κ2) is 6.76. The van der Waals surface area contributed by atoms with E-state index < -0.39 is 4.92 Å². The molecule has 1 aromatic heterocycles. The molecule has 0 amide bonds. The van der Waals surface area contributed by atoms with E-state index in [0.29, 0.717) is 23.2 Å². The number of rotatable bonds is 6. The highest BCUT2D eigenvalue weighted by molar-refractivity contribution is 5.86. The van der Waals surface area contributed by atoms with Gasteiger partial charge in [0, 0.05) is 12.6 Å². The lowest BCUT2D eigenvalue weighted by Gasteiger charge is -2.17. The van der Waals surface area contributed by atoms with Gasteiger partial charge >= 0.3 is 0 Å². The number of unbranched alkanes of at least 4 members (excludes halogenated alkanes) is 1. The molecule has 2 aromatic rings. The van der Waals surface area contributed by atoms with Crippen LogP contribution < -0.4 is 10.9 Å². The SMILES string of the molecule is CC(C)(C)CCCCNc1cc2nc[nH]c(=O)c2cc1[N+](=O)[O-]. The fourth-order valence-corrected chi connectivity index (χ4v) is 2.40. The second-order valence-electron chi connectivity index (χ2n) is 6.82. The highest BCUT2D eigenvalue weighted by Gasteiger charge is 2.17. The smallest absolute Gasteiger partial charge is 0.293 e. The van der Waals surface area contributed by atoms with E-state index in [1.54, 1.807) is 6.07 Å². The van der Waals surface area contributed by atoms with E-state index in [4.69, 9.17) is 0 Å². The summed E-state index contributed by atoms with van der Waals surface area (Å²) in [5.41, 5.74) is 0.648. The molecule has 0 aliphatic heterocycles. The third-order valence-electron chi connectivity index (χ3n) is 3.62. The molecular formula is C16H22N4O3. The predicted molar refractivity (Wildman–Crippen MR) is 90.8 cm³/mol. The first-order chi connectivity index (χ1) is 10.8. The van der Waals surface area contributed by atoms with E-state index in [9.17, 15) is 14.9 Å². The molecule has 2 rings (SSSR count). The Morgan fingerprint density at radius 2 is 2.04 bits per heavy atom. The number of benzene rings is 1. The Labute approximate surface area is 134 Å². The minimum atomic E-state index is -0.483. The molecule has 0 saturated carbocycles. The zero-order valence-corrected chi connectivity index (χ0v) is 13.7. The van der Waals surface area contributed by atoms with Gasteiger partial charge in [-0.15, -0.1) is 0 Å². The van der Waals surface area contributed by atoms with Crippen LogP contribution in [0.5, 0.6) is 0 Å². The summed E-state index contributed by atoms with van der Waals surface area (Å²) in [6.45, 7) is 7.22. The van der Waals surface area contributed by atoms with Gasteiger partial charge in [-0.05, 0) is 24.3 Å². The molecule has 0 aliphatic rings. The van der Waals surface area contributed by atoms with Gasteiger partial charge in [-0.25, -0.2) is 4.98 Å². The highest BCUT2D eigenvalue weighted by atomic mass is 16.6. The van der Waals surface area contributed by atoms with Crippen LogP contribution >= 0.6 is 0 Å². The summed E-state index contributed by atoms with van der Waals surface area (Å²) in [5.74, 6) is 0. The van der Waals surface area contributed by atoms with Gasteiger partial charge in [-0.3, -0.25) is 14.9 Å². The average molecular weight is 318 g/mol. The number of aromatic amines is 1. The summed E-state index contributed by atoms with van der Waals surface area (Å²) in [6, 6.07) is 2.84. The highest BCUT2D eigenvalue weighted by Crippen LogP contribution is 2.28. The largest absolute Gasteiger partial charge is 0.379 e. The van der Waals surface area contributed by atoms with Crippen LogP contribution in [0, 0.1) is 15.5 Å². The third kappa shape index (κ3) is 4.51. The second-order valence-corrected chi connectivity index (χ2v) is 6.82. The normalized spacial score (nSPS) is 11.6. The first-order valence-electron chi connectivity index (χ1n) is 7.68. The molecule has 0 aliphatic carbocycles. The molecule has 0 atom stereocenters. The number of nitro benzene ring substituents is 1. The lowest BCUT2D eigenvalue weighted by molar-refractivity contribution is -0.383. The van der Waals surface area contributed by atoms with Gasteiger partial charge in [0.05, 0.1) is 22.2 Å². The Morgan fingerprint density at radius 1 is 1.30 bits per heavy atom. The van der Waals surface area contributed by atoms with E-state index >= 15 is 0 Å². The van der Waals surface area contributed by atoms with Crippen LogP contribution in [0.2, 0.25) is 0 Å². The lowest BCUT2D eigenvalue weighted by atomic mass is 9.90. The molecule has 0 radical (unpaired) electrons. The van der Waals surface area contributed by atoms with Crippen LogP contribution in [0.15, 0.2) is 23.3 Å². The van der Waals surface area contributed by atoms with Crippen LogP contribution in [-0.2, 0) is 0 Å². The van der Waals surface area contributed by atoms with Crippen LogP contribution in [0.3, 0.4) is 0 Å². The number of nitrogens with zero attached hydrogens (tertiary/aromatic N) is 2. The number of hydrogen-bond acceptors (Lipinski definition) is 5. The molecule has 0 fully saturated rings. The van der Waals surface area contributed by atoms with Crippen molar-refractivity contribution in [3.63, 3.8) is 0 Å². The molecule has 23 heavy (non-hydrogen) atoms. The zero-order valence-electron chi connectivity index (χ0n) is 13.7. The van der Waals surface area contributed by atoms with Crippen LogP contribution in [0.4, 0.5) is 11.4 Å². The molecule has 0 spiro atoms. The van der Waals surface area contributed by atoms with Crippen molar-refractivity contribution in [3.05, 3.63) is 38.9 Å². The molecule has 0 saturated heterocycles. The Morgan fingerprint density at radius 3 is 2.70 bits per heavy atom. The maximum absolute atomic E-state index is 11.7.